The van der Waals surface area contributed by atoms with Crippen LogP contribution in [0.1, 0.15) is 40.0 Å². The van der Waals surface area contributed by atoms with Crippen molar-refractivity contribution in [2.75, 3.05) is 12.4 Å². The molecule has 0 spiro atoms. The third-order valence-corrected chi connectivity index (χ3v) is 5.74. The number of rotatable bonds is 7. The molecular weight excluding hydrogens is 450 g/mol. The Labute approximate surface area is 211 Å². The molecule has 1 amide bonds. The van der Waals surface area contributed by atoms with Crippen molar-refractivity contribution in [1.29, 1.82) is 0 Å². The molecule has 0 saturated heterocycles. The first-order valence-electron chi connectivity index (χ1n) is 11.7. The average Bonchev–Trinajstić information content (AvgIpc) is 2.86. The van der Waals surface area contributed by atoms with E-state index in [1.165, 1.54) is 7.11 Å². The van der Waals surface area contributed by atoms with Crippen molar-refractivity contribution in [3.8, 4) is 11.5 Å². The third-order valence-electron chi connectivity index (χ3n) is 5.74. The fourth-order valence-electron chi connectivity index (χ4n) is 3.82. The lowest BCUT2D eigenvalue weighted by molar-refractivity contribution is 0.102. The van der Waals surface area contributed by atoms with Gasteiger partial charge < -0.3 is 20.5 Å². The van der Waals surface area contributed by atoms with Crippen LogP contribution < -0.4 is 15.4 Å². The van der Waals surface area contributed by atoms with Gasteiger partial charge in [0, 0.05) is 16.8 Å². The largest absolute Gasteiger partial charge is 0.504 e. The topological polar surface area (TPSA) is 83.0 Å². The van der Waals surface area contributed by atoms with Crippen LogP contribution in [-0.2, 0) is 0 Å². The molecule has 182 valence electrons. The number of carbonyl (C=O) groups excluding carboxylic acids is 1. The van der Waals surface area contributed by atoms with E-state index >= 15 is 0 Å². The quantitative estimate of drug-likeness (QED) is 0.384. The Hall–Kier alpha value is -4.58. The van der Waals surface area contributed by atoms with Crippen LogP contribution >= 0.6 is 0 Å². The summed E-state index contributed by atoms with van der Waals surface area (Å²) < 4.78 is 5.25. The minimum absolute atomic E-state index is 0.0773. The van der Waals surface area contributed by atoms with Gasteiger partial charge in [-0.2, -0.15) is 0 Å². The SMILES string of the molecule is COc1cc(C2=N/C(N[C@@H](C)c3cccc(NC(=O)c4cccc(C)c4)c3)=C\C=C\C=C\2)ccc1O. The molecule has 0 bridgehead atoms. The standard InChI is InChI=1S/C30H29N3O3/c1-20-9-7-11-24(17-20)30(35)32-25-12-8-10-22(18-25)21(2)31-29-14-6-4-5-13-26(33-29)23-15-16-27(34)28(19-23)36-3/h4-19,21,34H,1-3H3,(H,31,33)(H,32,35)/t21-/m0/s1. The number of allylic oxidation sites excluding steroid dienone is 5. The summed E-state index contributed by atoms with van der Waals surface area (Å²) in [5.74, 6) is 1.00. The summed E-state index contributed by atoms with van der Waals surface area (Å²) in [5, 5.41) is 16.4. The van der Waals surface area contributed by atoms with E-state index in [0.29, 0.717) is 17.1 Å². The molecule has 0 aromatic heterocycles. The van der Waals surface area contributed by atoms with Crippen LogP contribution in [0.5, 0.6) is 11.5 Å². The fraction of sp³-hybridized carbons (Fsp3) is 0.133. The number of amides is 1. The highest BCUT2D eigenvalue weighted by Gasteiger charge is 2.12. The Morgan fingerprint density at radius 3 is 2.64 bits per heavy atom. The van der Waals surface area contributed by atoms with Gasteiger partial charge in [0.1, 0.15) is 5.82 Å². The van der Waals surface area contributed by atoms with Crippen LogP contribution in [0, 0.1) is 6.92 Å². The molecule has 1 atom stereocenters. The van der Waals surface area contributed by atoms with Gasteiger partial charge in [0.25, 0.3) is 5.91 Å². The number of methoxy groups -OCH3 is 1. The minimum Gasteiger partial charge on any atom is -0.504 e. The molecule has 6 nitrogen and oxygen atoms in total. The van der Waals surface area contributed by atoms with E-state index in [1.807, 2.05) is 86.7 Å². The molecule has 4 rings (SSSR count). The lowest BCUT2D eigenvalue weighted by Crippen LogP contribution is -2.19. The highest BCUT2D eigenvalue weighted by Crippen LogP contribution is 2.27. The summed E-state index contributed by atoms with van der Waals surface area (Å²) in [6.45, 7) is 4.01. The molecule has 3 N–H and O–H groups in total. The molecule has 3 aromatic rings. The van der Waals surface area contributed by atoms with Crippen molar-refractivity contribution in [2.45, 2.75) is 19.9 Å². The number of hydrogen-bond acceptors (Lipinski definition) is 5. The summed E-state index contributed by atoms with van der Waals surface area (Å²) in [6.07, 6.45) is 9.57. The maximum atomic E-state index is 12.7. The first kappa shape index (κ1) is 24.5. The zero-order chi connectivity index (χ0) is 25.5. The Kier molecular flexibility index (Phi) is 7.66. The summed E-state index contributed by atoms with van der Waals surface area (Å²) in [5.41, 5.74) is 4.93. The Morgan fingerprint density at radius 1 is 1.00 bits per heavy atom. The minimum atomic E-state index is -0.144. The van der Waals surface area contributed by atoms with Crippen molar-refractivity contribution < 1.29 is 14.6 Å². The number of phenols is 1. The second-order valence-corrected chi connectivity index (χ2v) is 8.49. The lowest BCUT2D eigenvalue weighted by Gasteiger charge is -2.18. The van der Waals surface area contributed by atoms with E-state index < -0.39 is 0 Å². The van der Waals surface area contributed by atoms with Crippen LogP contribution in [0.15, 0.2) is 108 Å². The molecule has 0 saturated carbocycles. The average molecular weight is 480 g/mol. The van der Waals surface area contributed by atoms with Gasteiger partial charge in [-0.1, -0.05) is 48.1 Å². The van der Waals surface area contributed by atoms with Crippen molar-refractivity contribution in [2.24, 2.45) is 4.99 Å². The zero-order valence-electron chi connectivity index (χ0n) is 20.5. The molecule has 1 heterocycles. The summed E-state index contributed by atoms with van der Waals surface area (Å²) in [7, 11) is 1.52. The third kappa shape index (κ3) is 6.10. The highest BCUT2D eigenvalue weighted by molar-refractivity contribution is 6.09. The zero-order valence-corrected chi connectivity index (χ0v) is 20.5. The molecule has 3 aromatic carbocycles. The Morgan fingerprint density at radius 2 is 1.83 bits per heavy atom. The van der Waals surface area contributed by atoms with E-state index in [-0.39, 0.29) is 17.7 Å². The van der Waals surface area contributed by atoms with Crippen molar-refractivity contribution in [1.82, 2.24) is 5.32 Å². The van der Waals surface area contributed by atoms with Gasteiger partial charge in [0.15, 0.2) is 11.5 Å². The lowest BCUT2D eigenvalue weighted by atomic mass is 10.1. The van der Waals surface area contributed by atoms with E-state index in [2.05, 4.69) is 10.6 Å². The molecule has 6 heteroatoms. The Balaban J connectivity index is 1.52. The molecular formula is C30H29N3O3. The van der Waals surface area contributed by atoms with Gasteiger partial charge in [-0.3, -0.25) is 4.79 Å². The maximum absolute atomic E-state index is 12.7. The van der Waals surface area contributed by atoms with Gasteiger partial charge in [0.2, 0.25) is 0 Å². The Bertz CT molecular complexity index is 1390. The normalized spacial score (nSPS) is 18.3. The van der Waals surface area contributed by atoms with Crippen LogP contribution in [-0.4, -0.2) is 23.8 Å². The van der Waals surface area contributed by atoms with Gasteiger partial charge in [-0.05, 0) is 74.0 Å². The van der Waals surface area contributed by atoms with Gasteiger partial charge in [-0.25, -0.2) is 4.99 Å². The molecule has 0 radical (unpaired) electrons. The molecule has 0 fully saturated rings. The number of nitrogens with one attached hydrogen (secondary N) is 2. The summed E-state index contributed by atoms with van der Waals surface area (Å²) >= 11 is 0. The number of anilines is 1. The number of aryl methyl sites for hydroxylation is 1. The number of aromatic hydroxyl groups is 1. The molecule has 1 aliphatic rings. The number of benzene rings is 3. The number of aliphatic imine (C=N–C) groups is 1. The van der Waals surface area contributed by atoms with E-state index in [0.717, 1.165) is 28.1 Å². The predicted molar refractivity (Wildman–Crippen MR) is 145 cm³/mol. The van der Waals surface area contributed by atoms with Crippen LogP contribution in [0.2, 0.25) is 0 Å². The van der Waals surface area contributed by atoms with Crippen LogP contribution in [0.3, 0.4) is 0 Å². The van der Waals surface area contributed by atoms with Crippen molar-refractivity contribution in [3.05, 3.63) is 125 Å². The van der Waals surface area contributed by atoms with E-state index in [9.17, 15) is 9.90 Å². The van der Waals surface area contributed by atoms with E-state index in [4.69, 9.17) is 9.73 Å². The monoisotopic (exact) mass is 479 g/mol. The number of carbonyl (C=O) groups is 1. The number of phenolic OH excluding ortho intramolecular Hbond substituents is 1. The summed E-state index contributed by atoms with van der Waals surface area (Å²) in [6, 6.07) is 20.3. The second-order valence-electron chi connectivity index (χ2n) is 8.49. The second kappa shape index (κ2) is 11.2. The molecule has 0 unspecified atom stereocenters. The molecule has 0 aliphatic carbocycles. The first-order chi connectivity index (χ1) is 17.4. The highest BCUT2D eigenvalue weighted by atomic mass is 16.5. The summed E-state index contributed by atoms with van der Waals surface area (Å²) in [4.78, 5) is 17.5. The van der Waals surface area contributed by atoms with Crippen molar-refractivity contribution >= 4 is 17.3 Å². The van der Waals surface area contributed by atoms with Crippen LogP contribution in [0.4, 0.5) is 5.69 Å². The van der Waals surface area contributed by atoms with Crippen molar-refractivity contribution in [3.63, 3.8) is 0 Å². The number of hydrogen-bond donors (Lipinski definition) is 3. The fourth-order valence-corrected chi connectivity index (χ4v) is 3.82. The van der Waals surface area contributed by atoms with Gasteiger partial charge in [-0.15, -0.1) is 0 Å². The maximum Gasteiger partial charge on any atom is 0.255 e. The van der Waals surface area contributed by atoms with Gasteiger partial charge in [0.05, 0.1) is 18.9 Å². The number of ether oxygens (including phenoxy) is 1. The molecule has 1 aliphatic heterocycles. The molecule has 36 heavy (non-hydrogen) atoms. The van der Waals surface area contributed by atoms with E-state index in [1.54, 1.807) is 24.3 Å². The first-order valence-corrected chi connectivity index (χ1v) is 11.7. The van der Waals surface area contributed by atoms with Crippen LogP contribution in [0.25, 0.3) is 0 Å². The number of nitrogens with zero attached hydrogens (tertiary/aromatic N) is 1. The van der Waals surface area contributed by atoms with Gasteiger partial charge >= 0.3 is 0 Å². The smallest absolute Gasteiger partial charge is 0.255 e. The predicted octanol–water partition coefficient (Wildman–Crippen LogP) is 6.07.